The Morgan fingerprint density at radius 1 is 1.52 bits per heavy atom. The monoisotopic (exact) mass is 309 g/mol. The molecule has 110 valence electrons. The van der Waals surface area contributed by atoms with Crippen molar-refractivity contribution >= 4 is 23.2 Å². The van der Waals surface area contributed by atoms with Crippen molar-refractivity contribution in [3.05, 3.63) is 40.8 Å². The van der Waals surface area contributed by atoms with E-state index in [-0.39, 0.29) is 18.2 Å². The van der Waals surface area contributed by atoms with E-state index in [4.69, 9.17) is 16.1 Å². The number of anilines is 1. The standard InChI is InChI=1S/C14H13ClFN3O2/c1-2-12-17-14(21-18-12)8-5-13(20)19(7-8)11-6-9(16)3-4-10(11)15/h3-4,6,8H,2,5,7H2,1H3. The molecule has 0 aliphatic carbocycles. The van der Waals surface area contributed by atoms with Crippen LogP contribution in [0.15, 0.2) is 22.7 Å². The summed E-state index contributed by atoms with van der Waals surface area (Å²) >= 11 is 6.05. The molecule has 7 heteroatoms. The maximum Gasteiger partial charge on any atom is 0.232 e. The predicted molar refractivity (Wildman–Crippen MR) is 74.8 cm³/mol. The Morgan fingerprint density at radius 3 is 3.05 bits per heavy atom. The smallest absolute Gasteiger partial charge is 0.232 e. The summed E-state index contributed by atoms with van der Waals surface area (Å²) in [5.41, 5.74) is 0.374. The van der Waals surface area contributed by atoms with Crippen LogP contribution in [-0.4, -0.2) is 22.6 Å². The lowest BCUT2D eigenvalue weighted by Crippen LogP contribution is -2.24. The number of hydrogen-bond acceptors (Lipinski definition) is 4. The van der Waals surface area contributed by atoms with Crippen LogP contribution in [0, 0.1) is 5.82 Å². The molecule has 1 saturated heterocycles. The van der Waals surface area contributed by atoms with Crippen molar-refractivity contribution in [3.63, 3.8) is 0 Å². The summed E-state index contributed by atoms with van der Waals surface area (Å²) in [4.78, 5) is 17.9. The second-order valence-corrected chi connectivity index (χ2v) is 5.31. The second-order valence-electron chi connectivity index (χ2n) is 4.90. The number of aryl methyl sites for hydroxylation is 1. The molecule has 1 unspecified atom stereocenters. The zero-order chi connectivity index (χ0) is 15.0. The van der Waals surface area contributed by atoms with Crippen LogP contribution >= 0.6 is 11.6 Å². The van der Waals surface area contributed by atoms with Crippen molar-refractivity contribution < 1.29 is 13.7 Å². The molecule has 0 radical (unpaired) electrons. The lowest BCUT2D eigenvalue weighted by Gasteiger charge is -2.17. The molecule has 0 spiro atoms. The molecule has 1 aromatic carbocycles. The molecule has 1 aromatic heterocycles. The van der Waals surface area contributed by atoms with Crippen molar-refractivity contribution in [2.24, 2.45) is 0 Å². The molecule has 1 aliphatic rings. The third kappa shape index (κ3) is 2.63. The van der Waals surface area contributed by atoms with Crippen molar-refractivity contribution in [2.75, 3.05) is 11.4 Å². The lowest BCUT2D eigenvalue weighted by molar-refractivity contribution is -0.117. The maximum absolute atomic E-state index is 13.4. The highest BCUT2D eigenvalue weighted by Gasteiger charge is 2.35. The average Bonchev–Trinajstić information content (AvgIpc) is 3.08. The van der Waals surface area contributed by atoms with Crippen LogP contribution in [-0.2, 0) is 11.2 Å². The highest BCUT2D eigenvalue weighted by molar-refractivity contribution is 6.33. The minimum absolute atomic E-state index is 0.135. The zero-order valence-electron chi connectivity index (χ0n) is 11.3. The molecule has 5 nitrogen and oxygen atoms in total. The number of aromatic nitrogens is 2. The summed E-state index contributed by atoms with van der Waals surface area (Å²) < 4.78 is 18.5. The van der Waals surface area contributed by atoms with Crippen molar-refractivity contribution in [1.29, 1.82) is 0 Å². The maximum atomic E-state index is 13.4. The van der Waals surface area contributed by atoms with Gasteiger partial charge in [-0.1, -0.05) is 23.7 Å². The first kappa shape index (κ1) is 14.0. The number of benzene rings is 1. The third-order valence-corrected chi connectivity index (χ3v) is 3.79. The molecule has 2 heterocycles. The van der Waals surface area contributed by atoms with E-state index in [9.17, 15) is 9.18 Å². The largest absolute Gasteiger partial charge is 0.339 e. The van der Waals surface area contributed by atoms with E-state index in [1.54, 1.807) is 0 Å². The summed E-state index contributed by atoms with van der Waals surface area (Å²) in [6.45, 7) is 2.28. The Bertz CT molecular complexity index is 689. The van der Waals surface area contributed by atoms with Gasteiger partial charge in [-0.3, -0.25) is 4.79 Å². The summed E-state index contributed by atoms with van der Waals surface area (Å²) in [5.74, 6) is 0.292. The molecule has 2 aromatic rings. The summed E-state index contributed by atoms with van der Waals surface area (Å²) in [5, 5.41) is 4.17. The number of halogens is 2. The SMILES string of the molecule is CCc1noc(C2CC(=O)N(c3cc(F)ccc3Cl)C2)n1. The topological polar surface area (TPSA) is 59.2 Å². The fourth-order valence-electron chi connectivity index (χ4n) is 2.38. The number of carbonyl (C=O) groups excluding carboxylic acids is 1. The molecule has 1 aliphatic heterocycles. The van der Waals surface area contributed by atoms with Gasteiger partial charge in [0.2, 0.25) is 11.8 Å². The van der Waals surface area contributed by atoms with Crippen LogP contribution in [0.3, 0.4) is 0 Å². The van der Waals surface area contributed by atoms with E-state index < -0.39 is 5.82 Å². The first-order valence-corrected chi connectivity index (χ1v) is 7.04. The van der Waals surface area contributed by atoms with E-state index in [1.807, 2.05) is 6.92 Å². The molecular weight excluding hydrogens is 297 g/mol. The average molecular weight is 310 g/mol. The molecule has 0 N–H and O–H groups in total. The Labute approximate surface area is 125 Å². The number of hydrogen-bond donors (Lipinski definition) is 0. The van der Waals surface area contributed by atoms with Crippen molar-refractivity contribution in [2.45, 2.75) is 25.7 Å². The second kappa shape index (κ2) is 5.44. The quantitative estimate of drug-likeness (QED) is 0.874. The van der Waals surface area contributed by atoms with Crippen LogP contribution in [0.25, 0.3) is 0 Å². The summed E-state index contributed by atoms with van der Waals surface area (Å²) in [6.07, 6.45) is 0.918. The Balaban J connectivity index is 1.86. The van der Waals surface area contributed by atoms with E-state index >= 15 is 0 Å². The minimum Gasteiger partial charge on any atom is -0.339 e. The third-order valence-electron chi connectivity index (χ3n) is 3.47. The Hall–Kier alpha value is -1.95. The molecule has 0 bridgehead atoms. The van der Waals surface area contributed by atoms with Gasteiger partial charge in [-0.25, -0.2) is 4.39 Å². The highest BCUT2D eigenvalue weighted by Crippen LogP contribution is 2.35. The molecule has 3 rings (SSSR count). The van der Waals surface area contributed by atoms with Crippen molar-refractivity contribution in [3.8, 4) is 0 Å². The van der Waals surface area contributed by atoms with Gasteiger partial charge < -0.3 is 9.42 Å². The highest BCUT2D eigenvalue weighted by atomic mass is 35.5. The van der Waals surface area contributed by atoms with Gasteiger partial charge in [-0.15, -0.1) is 0 Å². The summed E-state index contributed by atoms with van der Waals surface area (Å²) in [7, 11) is 0. The number of nitrogens with zero attached hydrogens (tertiary/aromatic N) is 3. The van der Waals surface area contributed by atoms with Crippen LogP contribution in [0.5, 0.6) is 0 Å². The van der Waals surface area contributed by atoms with Gasteiger partial charge in [-0.05, 0) is 18.2 Å². The minimum atomic E-state index is -0.434. The van der Waals surface area contributed by atoms with E-state index in [0.717, 1.165) is 0 Å². The Kier molecular flexibility index (Phi) is 3.63. The molecule has 1 atom stereocenters. The van der Waals surface area contributed by atoms with Gasteiger partial charge in [-0.2, -0.15) is 4.98 Å². The van der Waals surface area contributed by atoms with Gasteiger partial charge in [0, 0.05) is 19.4 Å². The van der Waals surface area contributed by atoms with Gasteiger partial charge in [0.1, 0.15) is 5.82 Å². The molecule has 1 amide bonds. The molecule has 1 fully saturated rings. The van der Waals surface area contributed by atoms with E-state index in [1.165, 1.54) is 23.1 Å². The van der Waals surface area contributed by atoms with Gasteiger partial charge in [0.15, 0.2) is 5.82 Å². The number of rotatable bonds is 3. The van der Waals surface area contributed by atoms with Gasteiger partial charge in [0.05, 0.1) is 16.6 Å². The fourth-order valence-corrected chi connectivity index (χ4v) is 2.59. The van der Waals surface area contributed by atoms with Crippen LogP contribution in [0.2, 0.25) is 5.02 Å². The van der Waals surface area contributed by atoms with Gasteiger partial charge >= 0.3 is 0 Å². The number of amides is 1. The Morgan fingerprint density at radius 2 is 2.33 bits per heavy atom. The molecule has 0 saturated carbocycles. The van der Waals surface area contributed by atoms with E-state index in [0.29, 0.717) is 35.4 Å². The van der Waals surface area contributed by atoms with E-state index in [2.05, 4.69) is 10.1 Å². The molecular formula is C14H13ClFN3O2. The normalized spacial score (nSPS) is 18.5. The lowest BCUT2D eigenvalue weighted by atomic mass is 10.1. The number of carbonyl (C=O) groups is 1. The first-order valence-electron chi connectivity index (χ1n) is 6.66. The van der Waals surface area contributed by atoms with Crippen molar-refractivity contribution in [1.82, 2.24) is 10.1 Å². The van der Waals surface area contributed by atoms with Crippen LogP contribution in [0.4, 0.5) is 10.1 Å². The first-order chi connectivity index (χ1) is 10.1. The molecule has 21 heavy (non-hydrogen) atoms. The fraction of sp³-hybridized carbons (Fsp3) is 0.357. The van der Waals surface area contributed by atoms with Crippen LogP contribution < -0.4 is 4.90 Å². The summed E-state index contributed by atoms with van der Waals surface area (Å²) in [6, 6.07) is 3.96. The van der Waals surface area contributed by atoms with Gasteiger partial charge in [0.25, 0.3) is 0 Å². The van der Waals surface area contributed by atoms with Crippen LogP contribution in [0.1, 0.15) is 31.0 Å². The predicted octanol–water partition coefficient (Wildman–Crippen LogP) is 2.95. The zero-order valence-corrected chi connectivity index (χ0v) is 12.1.